The smallest absolute Gasteiger partial charge is 0 e. The van der Waals surface area contributed by atoms with Crippen molar-refractivity contribution in [2.45, 2.75) is 0 Å². The molecular weight excluding hydrogens is 466 g/mol. The molecule has 0 aromatic carbocycles. The standard InChI is InChI=1S/Ag.Bi.Cs.O. The van der Waals surface area contributed by atoms with Gasteiger partial charge in [0.25, 0.3) is 0 Å². The molecule has 4 heavy (non-hydrogen) atoms. The molecule has 0 rings (SSSR count). The molecule has 0 unspecified atom stereocenters. The van der Waals surface area contributed by atoms with Crippen molar-refractivity contribution in [1.29, 1.82) is 0 Å². The Labute approximate surface area is 119 Å². The van der Waals surface area contributed by atoms with Gasteiger partial charge in [0.05, 0.1) is 0 Å². The summed E-state index contributed by atoms with van der Waals surface area (Å²) >= 11 is 0. The summed E-state index contributed by atoms with van der Waals surface area (Å²) in [5.41, 5.74) is 0. The van der Waals surface area contributed by atoms with Crippen LogP contribution in [0.3, 0.4) is 0 Å². The van der Waals surface area contributed by atoms with Gasteiger partial charge in [0.1, 0.15) is 0 Å². The predicted molar refractivity (Wildman–Crippen MR) is 12.2 cm³/mol. The second kappa shape index (κ2) is 15.9. The first-order valence-corrected chi connectivity index (χ1v) is 0. The van der Waals surface area contributed by atoms with E-state index in [2.05, 4.69) is 0 Å². The molecule has 0 fully saturated rings. The van der Waals surface area contributed by atoms with Crippen LogP contribution in [0.2, 0.25) is 0 Å². The first kappa shape index (κ1) is 25.4. The van der Waals surface area contributed by atoms with Crippen LogP contribution in [0.25, 0.3) is 0 Å². The maximum Gasteiger partial charge on any atom is 0 e. The van der Waals surface area contributed by atoms with Crippen LogP contribution in [-0.4, -0.2) is 95.1 Å². The van der Waals surface area contributed by atoms with Gasteiger partial charge >= 0.3 is 0 Å². The Hall–Kier alpha value is 3.64. The second-order valence-corrected chi connectivity index (χ2v) is 0. The fourth-order valence-electron chi connectivity index (χ4n) is 0. The van der Waals surface area contributed by atoms with E-state index in [1.807, 2.05) is 0 Å². The van der Waals surface area contributed by atoms with Gasteiger partial charge in [-0.2, -0.15) is 0 Å². The zero-order chi connectivity index (χ0) is 0. The third-order valence-corrected chi connectivity index (χ3v) is 0. The summed E-state index contributed by atoms with van der Waals surface area (Å²) in [7, 11) is 0. The van der Waals surface area contributed by atoms with E-state index in [9.17, 15) is 0 Å². The van der Waals surface area contributed by atoms with Crippen molar-refractivity contribution in [3.05, 3.63) is 0 Å². The maximum atomic E-state index is 0. The molecule has 0 aliphatic carbocycles. The van der Waals surface area contributed by atoms with Gasteiger partial charge in [-0.25, -0.2) is 0 Å². The van der Waals surface area contributed by atoms with Gasteiger partial charge in [0, 0.05) is 123 Å². The first-order valence-electron chi connectivity index (χ1n) is 0. The van der Waals surface area contributed by atoms with Crippen molar-refractivity contribution in [3.8, 4) is 0 Å². The average Bonchev–Trinajstić information content (AvgIpc) is 0. The van der Waals surface area contributed by atoms with E-state index in [1.54, 1.807) is 0 Å². The maximum absolute atomic E-state index is 0. The molecule has 0 saturated heterocycles. The molecule has 0 atom stereocenters. The summed E-state index contributed by atoms with van der Waals surface area (Å²) in [6.45, 7) is 0. The third-order valence-electron chi connectivity index (χ3n) is 0. The number of hydrogen-bond donors (Lipinski definition) is 0. The number of hydrogen-bond acceptors (Lipinski definition) is 0. The van der Waals surface area contributed by atoms with E-state index in [0.717, 1.165) is 0 Å². The van der Waals surface area contributed by atoms with Crippen LogP contribution in [0.15, 0.2) is 0 Å². The summed E-state index contributed by atoms with van der Waals surface area (Å²) in [6, 6.07) is 0. The van der Waals surface area contributed by atoms with Crippen molar-refractivity contribution in [2.24, 2.45) is 0 Å². The molecule has 23 valence electrons. The zero-order valence-corrected chi connectivity index (χ0v) is 13.4. The molecule has 7 radical (unpaired) electrons. The van der Waals surface area contributed by atoms with Gasteiger partial charge in [-0.15, -0.1) is 0 Å². The van der Waals surface area contributed by atoms with Gasteiger partial charge in [0.15, 0.2) is 0 Å². The molecule has 0 amide bonds. The van der Waals surface area contributed by atoms with Gasteiger partial charge in [-0.05, 0) is 0 Å². The third kappa shape index (κ3) is 9.16. The van der Waals surface area contributed by atoms with Gasteiger partial charge in [0.2, 0.25) is 0 Å². The fraction of sp³-hybridized carbons (Fsp3) is 0. The van der Waals surface area contributed by atoms with Crippen molar-refractivity contribution in [2.75, 3.05) is 0 Å². The molecule has 0 bridgehead atoms. The second-order valence-electron chi connectivity index (χ2n) is 0. The molecule has 0 aromatic heterocycles. The molecule has 0 heterocycles. The Morgan fingerprint density at radius 2 is 1.00 bits per heavy atom. The first-order chi connectivity index (χ1) is 0. The Bertz CT molecular complexity index is 8.00. The van der Waals surface area contributed by atoms with Crippen molar-refractivity contribution in [1.82, 2.24) is 0 Å². The largest absolute Gasteiger partial charge is 0 e. The van der Waals surface area contributed by atoms with E-state index in [0.29, 0.717) is 0 Å². The van der Waals surface area contributed by atoms with E-state index in [4.69, 9.17) is 0 Å². The van der Waals surface area contributed by atoms with Crippen molar-refractivity contribution < 1.29 is 27.9 Å². The molecule has 1 nitrogen and oxygen atoms in total. The Morgan fingerprint density at radius 1 is 1.00 bits per heavy atom. The predicted octanol–water partition coefficient (Wildman–Crippen LogP) is -0.883. The van der Waals surface area contributed by atoms with Gasteiger partial charge in [-0.3, -0.25) is 0 Å². The van der Waals surface area contributed by atoms with Crippen molar-refractivity contribution in [3.63, 3.8) is 0 Å². The van der Waals surface area contributed by atoms with Crippen LogP contribution in [0, 0.1) is 0 Å². The summed E-state index contributed by atoms with van der Waals surface area (Å²) in [5, 5.41) is 0. The van der Waals surface area contributed by atoms with Gasteiger partial charge in [-0.1, -0.05) is 0 Å². The minimum Gasteiger partial charge on any atom is 0 e. The average molecular weight is 466 g/mol. The summed E-state index contributed by atoms with van der Waals surface area (Å²) in [6.07, 6.45) is 0. The number of rotatable bonds is 0. The molecular formula is AgBiCsO. The SMILES string of the molecule is [Ag].[Bi].[Cs].[O]. The normalized spacial score (nSPS) is 0. The summed E-state index contributed by atoms with van der Waals surface area (Å²) < 4.78 is 0. The molecule has 4 heteroatoms. The Kier molecular flexibility index (Phi) is 101. The van der Waals surface area contributed by atoms with Crippen LogP contribution < -0.4 is 0 Å². The van der Waals surface area contributed by atoms with Crippen LogP contribution in [-0.2, 0) is 27.9 Å². The monoisotopic (exact) mass is 465 g/mol. The fourth-order valence-corrected chi connectivity index (χ4v) is 0. The molecule has 0 N–H and O–H groups in total. The summed E-state index contributed by atoms with van der Waals surface area (Å²) in [5.74, 6) is 0. The van der Waals surface area contributed by atoms with E-state index in [1.165, 1.54) is 0 Å². The Balaban J connectivity index is 0. The topological polar surface area (TPSA) is 28.5 Å². The van der Waals surface area contributed by atoms with Crippen LogP contribution >= 0.6 is 0 Å². The minimum atomic E-state index is 0. The van der Waals surface area contributed by atoms with Crippen LogP contribution in [0.4, 0.5) is 0 Å². The van der Waals surface area contributed by atoms with Gasteiger partial charge < -0.3 is 0 Å². The van der Waals surface area contributed by atoms with Crippen LogP contribution in [0.5, 0.6) is 0 Å². The molecule has 0 aliphatic heterocycles. The quantitative estimate of drug-likeness (QED) is 0.416. The van der Waals surface area contributed by atoms with Crippen LogP contribution in [0.1, 0.15) is 0 Å². The molecule has 0 saturated carbocycles. The van der Waals surface area contributed by atoms with E-state index in [-0.39, 0.29) is 123 Å². The minimum absolute atomic E-state index is 0. The van der Waals surface area contributed by atoms with E-state index >= 15 is 0 Å². The molecule has 0 aliphatic rings. The Morgan fingerprint density at radius 3 is 1.00 bits per heavy atom. The molecule has 0 spiro atoms. The molecule has 0 aromatic rings. The van der Waals surface area contributed by atoms with E-state index < -0.39 is 0 Å². The zero-order valence-electron chi connectivity index (χ0n) is 2.16. The van der Waals surface area contributed by atoms with Crippen molar-refractivity contribution >= 4 is 95.1 Å². The summed E-state index contributed by atoms with van der Waals surface area (Å²) in [4.78, 5) is 0.